The summed E-state index contributed by atoms with van der Waals surface area (Å²) in [5, 5.41) is 18.6. The van der Waals surface area contributed by atoms with Gasteiger partial charge in [-0.05, 0) is 43.2 Å². The van der Waals surface area contributed by atoms with Crippen LogP contribution in [0.2, 0.25) is 0 Å². The number of aromatic nitrogens is 3. The zero-order chi connectivity index (χ0) is 21.4. The molecule has 3 aromatic rings. The summed E-state index contributed by atoms with van der Waals surface area (Å²) in [6, 6.07) is 7.93. The minimum atomic E-state index is -4.50. The normalized spacial score (nSPS) is 13.8. The molecule has 1 N–H and O–H groups in total. The summed E-state index contributed by atoms with van der Waals surface area (Å²) in [5.41, 5.74) is -0.565. The molecule has 1 atom stereocenters. The second kappa shape index (κ2) is 7.29. The van der Waals surface area contributed by atoms with Crippen LogP contribution in [0.5, 0.6) is 0 Å². The molecule has 0 saturated heterocycles. The molecule has 0 amide bonds. The van der Waals surface area contributed by atoms with E-state index in [9.17, 15) is 23.1 Å². The van der Waals surface area contributed by atoms with Crippen molar-refractivity contribution in [2.24, 2.45) is 0 Å². The zero-order valence-electron chi connectivity index (χ0n) is 15.7. The van der Waals surface area contributed by atoms with Crippen molar-refractivity contribution in [3.05, 3.63) is 64.5 Å². The van der Waals surface area contributed by atoms with E-state index < -0.39 is 23.1 Å². The first-order valence-corrected chi connectivity index (χ1v) is 8.64. The fourth-order valence-corrected chi connectivity index (χ4v) is 2.90. The van der Waals surface area contributed by atoms with Gasteiger partial charge in [-0.25, -0.2) is 4.85 Å². The van der Waals surface area contributed by atoms with Crippen LogP contribution in [0, 0.1) is 13.5 Å². The van der Waals surface area contributed by atoms with Gasteiger partial charge in [0.15, 0.2) is 11.5 Å². The van der Waals surface area contributed by atoms with E-state index in [4.69, 9.17) is 6.57 Å². The second-order valence-corrected chi connectivity index (χ2v) is 7.04. The maximum absolute atomic E-state index is 12.8. The Morgan fingerprint density at radius 2 is 1.86 bits per heavy atom. The summed E-state index contributed by atoms with van der Waals surface area (Å²) in [5.74, 6) is -0.496. The average Bonchev–Trinajstić information content (AvgIpc) is 3.01. The lowest BCUT2D eigenvalue weighted by atomic mass is 9.94. The lowest BCUT2D eigenvalue weighted by Crippen LogP contribution is -2.41. The Balaban J connectivity index is 1.78. The highest BCUT2D eigenvalue weighted by molar-refractivity contribution is 5.88. The number of aryl methyl sites for hydroxylation is 1. The fraction of sp³-hybridized carbons (Fsp3) is 0.300. The molecule has 0 unspecified atom stereocenters. The Hall–Kier alpha value is -3.25. The predicted octanol–water partition coefficient (Wildman–Crippen LogP) is 3.87. The molecule has 3 rings (SSSR count). The molecule has 2 aromatic carbocycles. The van der Waals surface area contributed by atoms with Crippen LogP contribution in [0.4, 0.5) is 18.9 Å². The van der Waals surface area contributed by atoms with E-state index in [2.05, 4.69) is 15.0 Å². The van der Waals surface area contributed by atoms with Crippen molar-refractivity contribution in [2.45, 2.75) is 38.6 Å². The van der Waals surface area contributed by atoms with Crippen LogP contribution in [-0.4, -0.2) is 31.5 Å². The van der Waals surface area contributed by atoms with Crippen molar-refractivity contribution in [3.63, 3.8) is 0 Å². The first kappa shape index (κ1) is 20.5. The first-order valence-electron chi connectivity index (χ1n) is 8.64. The van der Waals surface area contributed by atoms with Gasteiger partial charge in [-0.15, -0.1) is 0 Å². The van der Waals surface area contributed by atoms with Crippen molar-refractivity contribution in [2.75, 3.05) is 0 Å². The maximum atomic E-state index is 12.8. The Morgan fingerprint density at radius 3 is 2.48 bits per heavy atom. The summed E-state index contributed by atoms with van der Waals surface area (Å²) >= 11 is 0. The van der Waals surface area contributed by atoms with Gasteiger partial charge in [0.05, 0.1) is 18.7 Å². The van der Waals surface area contributed by atoms with Crippen molar-refractivity contribution >= 4 is 22.5 Å². The Kier molecular flexibility index (Phi) is 5.15. The van der Waals surface area contributed by atoms with Gasteiger partial charge in [0.2, 0.25) is 0 Å². The molecule has 150 valence electrons. The number of carbonyl (C=O) groups excluding carboxylic acids is 1. The highest BCUT2D eigenvalue weighted by Gasteiger charge is 2.33. The molecule has 29 heavy (non-hydrogen) atoms. The number of benzene rings is 2. The van der Waals surface area contributed by atoms with Crippen molar-refractivity contribution in [1.29, 1.82) is 0 Å². The molecule has 1 aromatic heterocycles. The number of hydrogen-bond acceptors (Lipinski definition) is 4. The molecular formula is C20H17F3N4O2. The van der Waals surface area contributed by atoms with Crippen LogP contribution < -0.4 is 0 Å². The SMILES string of the molecule is [C-]#[N+]c1ccc(CC(=O)[C@@](C)(O)Cn2nc3ccc(C(F)(F)F)cc3n2)cc1C. The maximum Gasteiger partial charge on any atom is 0.416 e. The summed E-state index contributed by atoms with van der Waals surface area (Å²) in [6.45, 7) is 9.82. The lowest BCUT2D eigenvalue weighted by Gasteiger charge is -2.21. The van der Waals surface area contributed by atoms with Gasteiger partial charge in [-0.3, -0.25) is 4.79 Å². The van der Waals surface area contributed by atoms with Crippen LogP contribution in [-0.2, 0) is 23.9 Å². The Bertz CT molecular complexity index is 1130. The van der Waals surface area contributed by atoms with E-state index in [0.29, 0.717) is 11.3 Å². The molecule has 6 nitrogen and oxygen atoms in total. The summed E-state index contributed by atoms with van der Waals surface area (Å²) in [7, 11) is 0. The largest absolute Gasteiger partial charge is 0.416 e. The molecule has 0 radical (unpaired) electrons. The van der Waals surface area contributed by atoms with Crippen LogP contribution in [0.15, 0.2) is 36.4 Å². The van der Waals surface area contributed by atoms with Crippen LogP contribution in [0.1, 0.15) is 23.6 Å². The number of carbonyl (C=O) groups is 1. The molecule has 0 aliphatic heterocycles. The van der Waals surface area contributed by atoms with Crippen LogP contribution in [0.25, 0.3) is 15.9 Å². The van der Waals surface area contributed by atoms with Gasteiger partial charge >= 0.3 is 6.18 Å². The van der Waals surface area contributed by atoms with Crippen molar-refractivity contribution < 1.29 is 23.1 Å². The minimum Gasteiger partial charge on any atom is -0.380 e. The average molecular weight is 402 g/mol. The van der Waals surface area contributed by atoms with Gasteiger partial charge in [-0.1, -0.05) is 18.2 Å². The Labute approximate surface area is 164 Å². The molecule has 0 spiro atoms. The molecule has 0 aliphatic carbocycles. The monoisotopic (exact) mass is 402 g/mol. The van der Waals surface area contributed by atoms with E-state index in [0.717, 1.165) is 22.5 Å². The molecule has 9 heteroatoms. The number of aliphatic hydroxyl groups is 1. The smallest absolute Gasteiger partial charge is 0.380 e. The summed E-state index contributed by atoms with van der Waals surface area (Å²) < 4.78 is 38.5. The summed E-state index contributed by atoms with van der Waals surface area (Å²) in [6.07, 6.45) is -4.56. The minimum absolute atomic E-state index is 0.0217. The fourth-order valence-electron chi connectivity index (χ4n) is 2.90. The van der Waals surface area contributed by atoms with E-state index in [1.165, 1.54) is 13.0 Å². The predicted molar refractivity (Wildman–Crippen MR) is 99.3 cm³/mol. The number of halogens is 3. The molecule has 0 saturated carbocycles. The third kappa shape index (κ3) is 4.43. The molecule has 1 heterocycles. The van der Waals surface area contributed by atoms with Gasteiger partial charge in [0, 0.05) is 6.42 Å². The van der Waals surface area contributed by atoms with E-state index in [-0.39, 0.29) is 24.0 Å². The molecule has 0 bridgehead atoms. The highest BCUT2D eigenvalue weighted by Crippen LogP contribution is 2.30. The topological polar surface area (TPSA) is 72.4 Å². The van der Waals surface area contributed by atoms with E-state index in [1.807, 2.05) is 0 Å². The highest BCUT2D eigenvalue weighted by atomic mass is 19.4. The van der Waals surface area contributed by atoms with Crippen molar-refractivity contribution in [3.8, 4) is 0 Å². The number of fused-ring (bicyclic) bond motifs is 1. The number of nitrogens with zero attached hydrogens (tertiary/aromatic N) is 4. The van der Waals surface area contributed by atoms with Crippen LogP contribution >= 0.6 is 0 Å². The third-order valence-electron chi connectivity index (χ3n) is 4.55. The van der Waals surface area contributed by atoms with Crippen molar-refractivity contribution in [1.82, 2.24) is 15.0 Å². The first-order chi connectivity index (χ1) is 13.5. The second-order valence-electron chi connectivity index (χ2n) is 7.04. The molecular weight excluding hydrogens is 385 g/mol. The van der Waals surface area contributed by atoms with Gasteiger partial charge in [-0.2, -0.15) is 28.2 Å². The number of rotatable bonds is 5. The van der Waals surface area contributed by atoms with Crippen LogP contribution in [0.3, 0.4) is 0 Å². The summed E-state index contributed by atoms with van der Waals surface area (Å²) in [4.78, 5) is 17.0. The number of Topliss-reactive ketones (excluding diaryl/α,β-unsaturated/α-hetero) is 1. The number of ketones is 1. The molecule has 0 aliphatic rings. The lowest BCUT2D eigenvalue weighted by molar-refractivity contribution is -0.137. The van der Waals surface area contributed by atoms with E-state index >= 15 is 0 Å². The molecule has 0 fully saturated rings. The van der Waals surface area contributed by atoms with Gasteiger partial charge < -0.3 is 5.11 Å². The number of alkyl halides is 3. The van der Waals surface area contributed by atoms with Gasteiger partial charge in [0.1, 0.15) is 16.6 Å². The number of hydrogen-bond donors (Lipinski definition) is 1. The van der Waals surface area contributed by atoms with E-state index in [1.54, 1.807) is 25.1 Å². The quantitative estimate of drug-likeness (QED) is 0.658. The standard InChI is InChI=1S/C20H17F3N4O2/c1-12-8-13(4-6-15(12)24-3)9-18(28)19(2,29)11-27-25-16-7-5-14(20(21,22)23)10-17(16)26-27/h4-8,10,29H,9,11H2,1-2H3/t19-/m0/s1. The Morgan fingerprint density at radius 1 is 1.17 bits per heavy atom. The zero-order valence-corrected chi connectivity index (χ0v) is 15.7. The third-order valence-corrected chi connectivity index (χ3v) is 4.55. The van der Waals surface area contributed by atoms with Gasteiger partial charge in [0.25, 0.3) is 0 Å².